The monoisotopic (exact) mass is 227 g/mol. The minimum Gasteiger partial charge on any atom is -0.198 e. The lowest BCUT2D eigenvalue weighted by Crippen LogP contribution is -2.18. The van der Waals surface area contributed by atoms with Gasteiger partial charge in [-0.05, 0) is 56.6 Å². The van der Waals surface area contributed by atoms with Crippen molar-refractivity contribution in [3.05, 3.63) is 34.9 Å². The average molecular weight is 227 g/mol. The lowest BCUT2D eigenvalue weighted by atomic mass is 9.79. The van der Waals surface area contributed by atoms with E-state index in [1.165, 1.54) is 23.1 Å². The molecule has 17 heavy (non-hydrogen) atoms. The third-order valence-electron chi connectivity index (χ3n) is 4.13. The van der Waals surface area contributed by atoms with Crippen LogP contribution in [-0.4, -0.2) is 0 Å². The van der Waals surface area contributed by atoms with Gasteiger partial charge in [0.2, 0.25) is 0 Å². The molecule has 1 fully saturated rings. The standard InChI is InChI=1S/C16H21N/c1-12-4-5-14(3)15(8-12)10-16(11-17)7-6-13(2)9-16/h4-5,8,13H,6-7,9-10H2,1-3H3. The van der Waals surface area contributed by atoms with Gasteiger partial charge in [-0.2, -0.15) is 5.26 Å². The van der Waals surface area contributed by atoms with Gasteiger partial charge in [0.25, 0.3) is 0 Å². The van der Waals surface area contributed by atoms with Crippen molar-refractivity contribution in [2.75, 3.05) is 0 Å². The van der Waals surface area contributed by atoms with E-state index in [4.69, 9.17) is 0 Å². The summed E-state index contributed by atoms with van der Waals surface area (Å²) in [6.45, 7) is 6.54. The number of rotatable bonds is 2. The third kappa shape index (κ3) is 2.52. The van der Waals surface area contributed by atoms with Crippen molar-refractivity contribution in [3.8, 4) is 6.07 Å². The average Bonchev–Trinajstić information content (AvgIpc) is 2.66. The molecule has 0 N–H and O–H groups in total. The van der Waals surface area contributed by atoms with Crippen LogP contribution >= 0.6 is 0 Å². The molecular weight excluding hydrogens is 206 g/mol. The van der Waals surface area contributed by atoms with Crippen molar-refractivity contribution in [3.63, 3.8) is 0 Å². The number of aryl methyl sites for hydroxylation is 2. The van der Waals surface area contributed by atoms with Gasteiger partial charge in [-0.15, -0.1) is 0 Å². The molecule has 2 atom stereocenters. The Bertz CT molecular complexity index is 455. The first-order valence-corrected chi connectivity index (χ1v) is 6.52. The molecule has 1 aromatic carbocycles. The zero-order valence-corrected chi connectivity index (χ0v) is 11.1. The van der Waals surface area contributed by atoms with Gasteiger partial charge in [0, 0.05) is 0 Å². The Balaban J connectivity index is 2.25. The number of nitriles is 1. The topological polar surface area (TPSA) is 23.8 Å². The molecule has 0 heterocycles. The van der Waals surface area contributed by atoms with Gasteiger partial charge in [-0.3, -0.25) is 0 Å². The normalized spacial score (nSPS) is 28.0. The number of hydrogen-bond donors (Lipinski definition) is 0. The van der Waals surface area contributed by atoms with Crippen molar-refractivity contribution in [2.24, 2.45) is 11.3 Å². The molecule has 90 valence electrons. The molecular formula is C16H21N. The largest absolute Gasteiger partial charge is 0.198 e. The maximum absolute atomic E-state index is 9.51. The highest BCUT2D eigenvalue weighted by Gasteiger charge is 2.37. The van der Waals surface area contributed by atoms with E-state index in [-0.39, 0.29) is 5.41 Å². The summed E-state index contributed by atoms with van der Waals surface area (Å²) in [6.07, 6.45) is 4.27. The predicted molar refractivity (Wildman–Crippen MR) is 70.7 cm³/mol. The molecule has 1 aromatic rings. The van der Waals surface area contributed by atoms with Gasteiger partial charge in [-0.1, -0.05) is 30.7 Å². The second kappa shape index (κ2) is 4.53. The Hall–Kier alpha value is -1.29. The summed E-state index contributed by atoms with van der Waals surface area (Å²) in [7, 11) is 0. The minimum absolute atomic E-state index is 0.0992. The van der Waals surface area contributed by atoms with Crippen LogP contribution < -0.4 is 0 Å². The smallest absolute Gasteiger partial charge is 0.0693 e. The lowest BCUT2D eigenvalue weighted by molar-refractivity contribution is 0.390. The molecule has 1 aliphatic carbocycles. The highest BCUT2D eigenvalue weighted by atomic mass is 14.4. The summed E-state index contributed by atoms with van der Waals surface area (Å²) in [6, 6.07) is 9.17. The Morgan fingerprint density at radius 3 is 2.76 bits per heavy atom. The van der Waals surface area contributed by atoms with Crippen molar-refractivity contribution in [2.45, 2.75) is 46.5 Å². The van der Waals surface area contributed by atoms with Gasteiger partial charge >= 0.3 is 0 Å². The first-order chi connectivity index (χ1) is 8.04. The minimum atomic E-state index is -0.0992. The molecule has 0 bridgehead atoms. The van der Waals surface area contributed by atoms with Gasteiger partial charge in [0.15, 0.2) is 0 Å². The predicted octanol–water partition coefficient (Wildman–Crippen LogP) is 4.18. The number of nitrogens with zero attached hydrogens (tertiary/aromatic N) is 1. The summed E-state index contributed by atoms with van der Waals surface area (Å²) < 4.78 is 0. The molecule has 0 radical (unpaired) electrons. The first-order valence-electron chi connectivity index (χ1n) is 6.52. The fourth-order valence-corrected chi connectivity index (χ4v) is 3.05. The quantitative estimate of drug-likeness (QED) is 0.743. The van der Waals surface area contributed by atoms with E-state index in [0.29, 0.717) is 5.92 Å². The van der Waals surface area contributed by atoms with E-state index in [2.05, 4.69) is 45.0 Å². The fourth-order valence-electron chi connectivity index (χ4n) is 3.05. The van der Waals surface area contributed by atoms with Crippen LogP contribution in [0.25, 0.3) is 0 Å². The van der Waals surface area contributed by atoms with Gasteiger partial charge < -0.3 is 0 Å². The van der Waals surface area contributed by atoms with Gasteiger partial charge in [0.1, 0.15) is 0 Å². The van der Waals surface area contributed by atoms with E-state index >= 15 is 0 Å². The SMILES string of the molecule is Cc1ccc(C)c(CC2(C#N)CCC(C)C2)c1. The second-order valence-corrected chi connectivity index (χ2v) is 5.85. The molecule has 0 aromatic heterocycles. The maximum Gasteiger partial charge on any atom is 0.0693 e. The van der Waals surface area contributed by atoms with E-state index in [0.717, 1.165) is 19.3 Å². The van der Waals surface area contributed by atoms with Crippen LogP contribution in [-0.2, 0) is 6.42 Å². The van der Waals surface area contributed by atoms with Crippen molar-refractivity contribution in [1.29, 1.82) is 5.26 Å². The number of hydrogen-bond acceptors (Lipinski definition) is 1. The highest BCUT2D eigenvalue weighted by Crippen LogP contribution is 2.43. The fraction of sp³-hybridized carbons (Fsp3) is 0.562. The van der Waals surface area contributed by atoms with Crippen LogP contribution in [0.5, 0.6) is 0 Å². The van der Waals surface area contributed by atoms with Crippen LogP contribution in [0.2, 0.25) is 0 Å². The Kier molecular flexibility index (Phi) is 3.24. The molecule has 1 aliphatic rings. The van der Waals surface area contributed by atoms with E-state index in [1.807, 2.05) is 0 Å². The third-order valence-corrected chi connectivity index (χ3v) is 4.13. The Morgan fingerprint density at radius 1 is 1.41 bits per heavy atom. The van der Waals surface area contributed by atoms with Crippen LogP contribution in [0.3, 0.4) is 0 Å². The summed E-state index contributed by atoms with van der Waals surface area (Å²) in [5.41, 5.74) is 3.88. The molecule has 1 nitrogen and oxygen atoms in total. The van der Waals surface area contributed by atoms with Crippen LogP contribution in [0.4, 0.5) is 0 Å². The van der Waals surface area contributed by atoms with Crippen LogP contribution in [0, 0.1) is 36.5 Å². The zero-order chi connectivity index (χ0) is 12.5. The Labute approximate surface area is 104 Å². The second-order valence-electron chi connectivity index (χ2n) is 5.85. The molecule has 0 aliphatic heterocycles. The van der Waals surface area contributed by atoms with E-state index in [1.54, 1.807) is 0 Å². The molecule has 2 rings (SSSR count). The van der Waals surface area contributed by atoms with Gasteiger partial charge in [-0.25, -0.2) is 0 Å². The summed E-state index contributed by atoms with van der Waals surface area (Å²) in [5, 5.41) is 9.51. The van der Waals surface area contributed by atoms with E-state index in [9.17, 15) is 5.26 Å². The van der Waals surface area contributed by atoms with E-state index < -0.39 is 0 Å². The van der Waals surface area contributed by atoms with Crippen molar-refractivity contribution in [1.82, 2.24) is 0 Å². The molecule has 0 spiro atoms. The molecule has 0 amide bonds. The lowest BCUT2D eigenvalue weighted by Gasteiger charge is -2.22. The van der Waals surface area contributed by atoms with Gasteiger partial charge in [0.05, 0.1) is 11.5 Å². The Morgan fingerprint density at radius 2 is 2.18 bits per heavy atom. The summed E-state index contributed by atoms with van der Waals surface area (Å²) in [5.74, 6) is 0.708. The highest BCUT2D eigenvalue weighted by molar-refractivity contribution is 5.32. The summed E-state index contributed by atoms with van der Waals surface area (Å²) in [4.78, 5) is 0. The molecule has 0 saturated heterocycles. The van der Waals surface area contributed by atoms with Crippen molar-refractivity contribution < 1.29 is 0 Å². The first kappa shape index (κ1) is 12.2. The molecule has 1 heteroatoms. The van der Waals surface area contributed by atoms with Crippen LogP contribution in [0.15, 0.2) is 18.2 Å². The summed E-state index contributed by atoms with van der Waals surface area (Å²) >= 11 is 0. The van der Waals surface area contributed by atoms with Crippen molar-refractivity contribution >= 4 is 0 Å². The molecule has 2 unspecified atom stereocenters. The molecule has 1 saturated carbocycles. The van der Waals surface area contributed by atoms with Crippen LogP contribution in [0.1, 0.15) is 42.9 Å². The zero-order valence-electron chi connectivity index (χ0n) is 11.1. The number of benzene rings is 1. The maximum atomic E-state index is 9.51.